The van der Waals surface area contributed by atoms with Crippen LogP contribution in [0.5, 0.6) is 0 Å². The van der Waals surface area contributed by atoms with Gasteiger partial charge in [0.2, 0.25) is 0 Å². The van der Waals surface area contributed by atoms with Gasteiger partial charge in [-0.1, -0.05) is 34.5 Å². The number of benzene rings is 1. The highest BCUT2D eigenvalue weighted by atomic mass is 79.9. The van der Waals surface area contributed by atoms with E-state index >= 15 is 0 Å². The molecule has 1 heterocycles. The standard InChI is InChI=1S/C12H13BrClNO2/c1-2-12(17)6-15(7-12)11(16)9-5-8(13)3-4-10(9)14/h3-5,17H,2,6-7H2,1H3. The monoisotopic (exact) mass is 317 g/mol. The Kier molecular flexibility index (Phi) is 3.48. The molecule has 1 N–H and O–H groups in total. The van der Waals surface area contributed by atoms with Crippen molar-refractivity contribution in [1.29, 1.82) is 0 Å². The largest absolute Gasteiger partial charge is 0.386 e. The zero-order valence-corrected chi connectivity index (χ0v) is 11.8. The maximum Gasteiger partial charge on any atom is 0.255 e. The van der Waals surface area contributed by atoms with E-state index in [9.17, 15) is 9.90 Å². The molecule has 0 bridgehead atoms. The van der Waals surface area contributed by atoms with Crippen LogP contribution in [0.3, 0.4) is 0 Å². The van der Waals surface area contributed by atoms with E-state index in [-0.39, 0.29) is 5.91 Å². The molecule has 1 aromatic rings. The molecule has 0 saturated carbocycles. The van der Waals surface area contributed by atoms with Crippen LogP contribution in [0.15, 0.2) is 22.7 Å². The van der Waals surface area contributed by atoms with Gasteiger partial charge < -0.3 is 10.0 Å². The number of likely N-dealkylation sites (tertiary alicyclic amines) is 1. The highest BCUT2D eigenvalue weighted by Gasteiger charge is 2.42. The lowest BCUT2D eigenvalue weighted by atomic mass is 9.90. The third-order valence-electron chi connectivity index (χ3n) is 3.07. The number of nitrogens with zero attached hydrogens (tertiary/aromatic N) is 1. The summed E-state index contributed by atoms with van der Waals surface area (Å²) >= 11 is 9.30. The SMILES string of the molecule is CCC1(O)CN(C(=O)c2cc(Br)ccc2Cl)C1. The third kappa shape index (κ3) is 2.49. The first-order valence-corrected chi connectivity index (χ1v) is 6.59. The fraction of sp³-hybridized carbons (Fsp3) is 0.417. The molecule has 0 aromatic heterocycles. The van der Waals surface area contributed by atoms with Gasteiger partial charge in [-0.25, -0.2) is 0 Å². The van der Waals surface area contributed by atoms with Gasteiger partial charge in [0.15, 0.2) is 0 Å². The fourth-order valence-electron chi connectivity index (χ4n) is 1.86. The quantitative estimate of drug-likeness (QED) is 0.911. The smallest absolute Gasteiger partial charge is 0.255 e. The molecule has 0 radical (unpaired) electrons. The summed E-state index contributed by atoms with van der Waals surface area (Å²) in [7, 11) is 0. The third-order valence-corrected chi connectivity index (χ3v) is 3.90. The van der Waals surface area contributed by atoms with Crippen molar-refractivity contribution >= 4 is 33.4 Å². The van der Waals surface area contributed by atoms with Crippen LogP contribution in [0, 0.1) is 0 Å². The molecule has 1 saturated heterocycles. The molecule has 0 unspecified atom stereocenters. The molecule has 2 rings (SSSR count). The molecule has 0 atom stereocenters. The average Bonchev–Trinajstić information content (AvgIpc) is 2.27. The molecule has 1 aliphatic rings. The number of rotatable bonds is 2. The highest BCUT2D eigenvalue weighted by molar-refractivity contribution is 9.10. The van der Waals surface area contributed by atoms with Crippen LogP contribution in [0.25, 0.3) is 0 Å². The van der Waals surface area contributed by atoms with Crippen LogP contribution in [-0.2, 0) is 0 Å². The topological polar surface area (TPSA) is 40.5 Å². The van der Waals surface area contributed by atoms with Crippen molar-refractivity contribution in [3.05, 3.63) is 33.3 Å². The number of hydrogen-bond acceptors (Lipinski definition) is 2. The Bertz CT molecular complexity index is 458. The summed E-state index contributed by atoms with van der Waals surface area (Å²) < 4.78 is 0.816. The molecule has 1 amide bonds. The fourth-order valence-corrected chi connectivity index (χ4v) is 2.42. The van der Waals surface area contributed by atoms with Crippen molar-refractivity contribution < 1.29 is 9.90 Å². The Hall–Kier alpha value is -0.580. The zero-order valence-electron chi connectivity index (χ0n) is 9.41. The predicted octanol–water partition coefficient (Wildman–Crippen LogP) is 2.70. The van der Waals surface area contributed by atoms with Gasteiger partial charge in [0, 0.05) is 4.47 Å². The van der Waals surface area contributed by atoms with E-state index in [4.69, 9.17) is 11.6 Å². The van der Waals surface area contributed by atoms with E-state index in [0.29, 0.717) is 30.1 Å². The number of hydrogen-bond donors (Lipinski definition) is 1. The van der Waals surface area contributed by atoms with Crippen molar-refractivity contribution in [2.24, 2.45) is 0 Å². The number of halogens is 2. The summed E-state index contributed by atoms with van der Waals surface area (Å²) in [6.07, 6.45) is 0.656. The lowest BCUT2D eigenvalue weighted by Crippen LogP contribution is -2.63. The minimum atomic E-state index is -0.714. The lowest BCUT2D eigenvalue weighted by molar-refractivity contribution is -0.0826. The van der Waals surface area contributed by atoms with Crippen LogP contribution in [0.1, 0.15) is 23.7 Å². The van der Waals surface area contributed by atoms with E-state index in [0.717, 1.165) is 4.47 Å². The first kappa shape index (κ1) is 12.9. The van der Waals surface area contributed by atoms with E-state index in [1.807, 2.05) is 6.92 Å². The van der Waals surface area contributed by atoms with Crippen molar-refractivity contribution in [2.45, 2.75) is 18.9 Å². The molecule has 1 fully saturated rings. The van der Waals surface area contributed by atoms with Crippen molar-refractivity contribution in [2.75, 3.05) is 13.1 Å². The van der Waals surface area contributed by atoms with Crippen LogP contribution in [0.4, 0.5) is 0 Å². The van der Waals surface area contributed by atoms with Crippen LogP contribution < -0.4 is 0 Å². The molecule has 0 spiro atoms. The van der Waals surface area contributed by atoms with Gasteiger partial charge >= 0.3 is 0 Å². The zero-order chi connectivity index (χ0) is 12.6. The summed E-state index contributed by atoms with van der Waals surface area (Å²) in [5.41, 5.74) is -0.243. The van der Waals surface area contributed by atoms with Gasteiger partial charge in [-0.05, 0) is 24.6 Å². The molecule has 92 valence electrons. The van der Waals surface area contributed by atoms with Crippen molar-refractivity contribution in [3.63, 3.8) is 0 Å². The normalized spacial score (nSPS) is 17.8. The van der Waals surface area contributed by atoms with E-state index in [2.05, 4.69) is 15.9 Å². The Labute approximate surface area is 114 Å². The van der Waals surface area contributed by atoms with Gasteiger partial charge in [-0.3, -0.25) is 4.79 Å². The summed E-state index contributed by atoms with van der Waals surface area (Å²) in [5, 5.41) is 10.3. The molecular formula is C12H13BrClNO2. The van der Waals surface area contributed by atoms with Crippen LogP contribution >= 0.6 is 27.5 Å². The number of amides is 1. The van der Waals surface area contributed by atoms with Gasteiger partial charge in [0.05, 0.1) is 29.3 Å². The van der Waals surface area contributed by atoms with Gasteiger partial charge in [-0.15, -0.1) is 0 Å². The summed E-state index contributed by atoms with van der Waals surface area (Å²) in [6, 6.07) is 5.18. The number of β-amino-alcohol motifs (C(OH)–C–C–N with tert-alkyl or cyclic N) is 1. The second kappa shape index (κ2) is 4.59. The van der Waals surface area contributed by atoms with E-state index < -0.39 is 5.60 Å². The van der Waals surface area contributed by atoms with Crippen LogP contribution in [-0.4, -0.2) is 34.6 Å². The van der Waals surface area contributed by atoms with Crippen LogP contribution in [0.2, 0.25) is 5.02 Å². The Balaban J connectivity index is 2.14. The Morgan fingerprint density at radius 3 is 2.82 bits per heavy atom. The molecule has 1 aliphatic heterocycles. The number of carbonyl (C=O) groups is 1. The summed E-state index contributed by atoms with van der Waals surface area (Å²) in [5.74, 6) is -0.130. The number of aliphatic hydroxyl groups is 1. The van der Waals surface area contributed by atoms with Gasteiger partial charge in [0.25, 0.3) is 5.91 Å². The van der Waals surface area contributed by atoms with E-state index in [1.165, 1.54) is 0 Å². The maximum absolute atomic E-state index is 12.1. The molecule has 5 heteroatoms. The second-order valence-corrected chi connectivity index (χ2v) is 5.69. The minimum absolute atomic E-state index is 0.130. The van der Waals surface area contributed by atoms with Crippen molar-refractivity contribution in [1.82, 2.24) is 4.90 Å². The molecule has 0 aliphatic carbocycles. The summed E-state index contributed by atoms with van der Waals surface area (Å²) in [4.78, 5) is 13.7. The molecular weight excluding hydrogens is 305 g/mol. The number of carbonyl (C=O) groups excluding carboxylic acids is 1. The Morgan fingerprint density at radius 1 is 1.59 bits per heavy atom. The molecule has 1 aromatic carbocycles. The predicted molar refractivity (Wildman–Crippen MR) is 70.3 cm³/mol. The maximum atomic E-state index is 12.1. The molecule has 3 nitrogen and oxygen atoms in total. The second-order valence-electron chi connectivity index (χ2n) is 4.36. The van der Waals surface area contributed by atoms with Crippen molar-refractivity contribution in [3.8, 4) is 0 Å². The first-order valence-electron chi connectivity index (χ1n) is 5.42. The average molecular weight is 319 g/mol. The van der Waals surface area contributed by atoms with Gasteiger partial charge in [0.1, 0.15) is 0 Å². The minimum Gasteiger partial charge on any atom is -0.386 e. The lowest BCUT2D eigenvalue weighted by Gasteiger charge is -2.46. The molecule has 17 heavy (non-hydrogen) atoms. The highest BCUT2D eigenvalue weighted by Crippen LogP contribution is 2.29. The summed E-state index contributed by atoms with van der Waals surface area (Å²) in [6.45, 7) is 2.67. The van der Waals surface area contributed by atoms with E-state index in [1.54, 1.807) is 23.1 Å². The first-order chi connectivity index (χ1) is 7.95. The van der Waals surface area contributed by atoms with Gasteiger partial charge in [-0.2, -0.15) is 0 Å². The Morgan fingerprint density at radius 2 is 2.24 bits per heavy atom.